The van der Waals surface area contributed by atoms with Gasteiger partial charge in [-0.2, -0.15) is 0 Å². The number of rotatable bonds is 3. The number of nitrogens with zero attached hydrogens (tertiary/aromatic N) is 1. The summed E-state index contributed by atoms with van der Waals surface area (Å²) in [6.45, 7) is 5.59. The van der Waals surface area contributed by atoms with Gasteiger partial charge in [-0.1, -0.05) is 12.1 Å². The number of amides is 1. The Morgan fingerprint density at radius 1 is 1.00 bits per heavy atom. The zero-order chi connectivity index (χ0) is 15.6. The van der Waals surface area contributed by atoms with E-state index >= 15 is 0 Å². The number of carbonyl (C=O) groups excluding carboxylic acids is 1. The minimum atomic E-state index is -0.484. The van der Waals surface area contributed by atoms with E-state index in [0.717, 1.165) is 11.1 Å². The lowest BCUT2D eigenvalue weighted by molar-refractivity contribution is -0.385. The van der Waals surface area contributed by atoms with Gasteiger partial charge in [-0.25, -0.2) is 0 Å². The Hall–Kier alpha value is -2.69. The predicted molar refractivity (Wildman–Crippen MR) is 81.7 cm³/mol. The average Bonchev–Trinajstić information content (AvgIpc) is 2.43. The summed E-state index contributed by atoms with van der Waals surface area (Å²) < 4.78 is 0. The third kappa shape index (κ3) is 3.25. The second-order valence-corrected chi connectivity index (χ2v) is 5.01. The van der Waals surface area contributed by atoms with Gasteiger partial charge in [0.1, 0.15) is 0 Å². The first-order chi connectivity index (χ1) is 9.88. The fourth-order valence-corrected chi connectivity index (χ4v) is 1.97. The Kier molecular flexibility index (Phi) is 4.03. The number of aryl methyl sites for hydroxylation is 3. The number of nitrogens with one attached hydrogen (secondary N) is 1. The molecule has 5 nitrogen and oxygen atoms in total. The summed E-state index contributed by atoms with van der Waals surface area (Å²) in [5.74, 6) is -0.360. The smallest absolute Gasteiger partial charge is 0.273 e. The molecule has 1 amide bonds. The van der Waals surface area contributed by atoms with Crippen molar-refractivity contribution in [3.8, 4) is 0 Å². The number of carbonyl (C=O) groups is 1. The normalized spacial score (nSPS) is 10.2. The van der Waals surface area contributed by atoms with Crippen LogP contribution in [0.4, 0.5) is 11.4 Å². The van der Waals surface area contributed by atoms with Crippen molar-refractivity contribution in [2.75, 3.05) is 5.32 Å². The van der Waals surface area contributed by atoms with E-state index in [0.29, 0.717) is 11.3 Å². The minimum absolute atomic E-state index is 0.0530. The molecule has 0 aliphatic heterocycles. The van der Waals surface area contributed by atoms with Gasteiger partial charge < -0.3 is 5.32 Å². The second kappa shape index (κ2) is 5.75. The van der Waals surface area contributed by atoms with E-state index in [-0.39, 0.29) is 17.2 Å². The first kappa shape index (κ1) is 14.7. The van der Waals surface area contributed by atoms with Crippen molar-refractivity contribution in [1.82, 2.24) is 0 Å². The van der Waals surface area contributed by atoms with Crippen molar-refractivity contribution < 1.29 is 9.72 Å². The first-order valence-electron chi connectivity index (χ1n) is 6.52. The van der Waals surface area contributed by atoms with E-state index in [2.05, 4.69) is 5.32 Å². The molecule has 0 saturated heterocycles. The van der Waals surface area contributed by atoms with E-state index in [4.69, 9.17) is 0 Å². The van der Waals surface area contributed by atoms with Crippen LogP contribution in [0.2, 0.25) is 0 Å². The van der Waals surface area contributed by atoms with Gasteiger partial charge in [-0.05, 0) is 50.1 Å². The monoisotopic (exact) mass is 284 g/mol. The summed E-state index contributed by atoms with van der Waals surface area (Å²) in [5.41, 5.74) is 3.63. The van der Waals surface area contributed by atoms with E-state index in [1.165, 1.54) is 6.07 Å². The molecule has 108 valence electrons. The molecule has 2 aromatic rings. The molecule has 0 heterocycles. The third-order valence-electron chi connectivity index (χ3n) is 3.43. The number of hydrogen-bond donors (Lipinski definition) is 1. The zero-order valence-electron chi connectivity index (χ0n) is 12.1. The van der Waals surface area contributed by atoms with Crippen molar-refractivity contribution in [3.05, 3.63) is 68.8 Å². The number of hydrogen-bond acceptors (Lipinski definition) is 3. The fraction of sp³-hybridized carbons (Fsp3) is 0.188. The number of benzene rings is 2. The van der Waals surface area contributed by atoms with Crippen molar-refractivity contribution in [2.45, 2.75) is 20.8 Å². The van der Waals surface area contributed by atoms with Crippen LogP contribution < -0.4 is 5.32 Å². The maximum absolute atomic E-state index is 12.2. The van der Waals surface area contributed by atoms with Gasteiger partial charge in [0.05, 0.1) is 4.92 Å². The van der Waals surface area contributed by atoms with Crippen LogP contribution in [-0.2, 0) is 0 Å². The van der Waals surface area contributed by atoms with E-state index in [1.54, 1.807) is 19.1 Å². The molecule has 0 radical (unpaired) electrons. The highest BCUT2D eigenvalue weighted by Gasteiger charge is 2.15. The fourth-order valence-electron chi connectivity index (χ4n) is 1.97. The molecule has 0 aliphatic rings. The summed E-state index contributed by atoms with van der Waals surface area (Å²) in [5, 5.41) is 13.7. The summed E-state index contributed by atoms with van der Waals surface area (Å²) in [7, 11) is 0. The van der Waals surface area contributed by atoms with Gasteiger partial charge in [0.25, 0.3) is 11.6 Å². The van der Waals surface area contributed by atoms with Crippen LogP contribution in [0.1, 0.15) is 27.0 Å². The Bertz CT molecular complexity index is 723. The zero-order valence-corrected chi connectivity index (χ0v) is 12.1. The van der Waals surface area contributed by atoms with Gasteiger partial charge in [-0.3, -0.25) is 14.9 Å². The van der Waals surface area contributed by atoms with Crippen LogP contribution in [0.25, 0.3) is 0 Å². The highest BCUT2D eigenvalue weighted by atomic mass is 16.6. The van der Waals surface area contributed by atoms with Crippen molar-refractivity contribution in [1.29, 1.82) is 0 Å². The molecule has 0 aromatic heterocycles. The number of nitro groups is 1. The van der Waals surface area contributed by atoms with Gasteiger partial charge in [0, 0.05) is 22.9 Å². The van der Waals surface area contributed by atoms with Crippen LogP contribution in [-0.4, -0.2) is 10.8 Å². The Balaban J connectivity index is 2.26. The van der Waals surface area contributed by atoms with E-state index in [9.17, 15) is 14.9 Å². The Morgan fingerprint density at radius 3 is 2.29 bits per heavy atom. The molecule has 0 unspecified atom stereocenters. The third-order valence-corrected chi connectivity index (χ3v) is 3.43. The van der Waals surface area contributed by atoms with Gasteiger partial charge in [-0.15, -0.1) is 0 Å². The molecule has 5 heteroatoms. The second-order valence-electron chi connectivity index (χ2n) is 5.01. The maximum atomic E-state index is 12.2. The van der Waals surface area contributed by atoms with Crippen molar-refractivity contribution in [2.24, 2.45) is 0 Å². The molecule has 0 fully saturated rings. The summed E-state index contributed by atoms with van der Waals surface area (Å²) in [6, 6.07) is 10.1. The molecule has 2 rings (SSSR count). The maximum Gasteiger partial charge on any atom is 0.273 e. The number of nitro benzene ring substituents is 1. The molecule has 21 heavy (non-hydrogen) atoms. The molecule has 0 atom stereocenters. The predicted octanol–water partition coefficient (Wildman–Crippen LogP) is 3.77. The van der Waals surface area contributed by atoms with E-state index in [1.807, 2.05) is 32.0 Å². The van der Waals surface area contributed by atoms with Crippen molar-refractivity contribution >= 4 is 17.3 Å². The highest BCUT2D eigenvalue weighted by molar-refractivity contribution is 6.04. The number of anilines is 1. The largest absolute Gasteiger partial charge is 0.322 e. The standard InChI is InChI=1S/C16H16N2O3/c1-10-5-7-14(8-12(10)3)17-16(19)13-6-4-11(2)15(9-13)18(20)21/h4-9H,1-3H3,(H,17,19). The average molecular weight is 284 g/mol. The lowest BCUT2D eigenvalue weighted by Crippen LogP contribution is -2.12. The Labute approximate surface area is 122 Å². The summed E-state index contributed by atoms with van der Waals surface area (Å²) in [6.07, 6.45) is 0. The minimum Gasteiger partial charge on any atom is -0.322 e. The van der Waals surface area contributed by atoms with Gasteiger partial charge in [0.15, 0.2) is 0 Å². The Morgan fingerprint density at radius 2 is 1.67 bits per heavy atom. The summed E-state index contributed by atoms with van der Waals surface area (Å²) in [4.78, 5) is 22.6. The van der Waals surface area contributed by atoms with Crippen LogP contribution in [0.15, 0.2) is 36.4 Å². The topological polar surface area (TPSA) is 72.2 Å². The molecule has 1 N–H and O–H groups in total. The quantitative estimate of drug-likeness (QED) is 0.688. The lowest BCUT2D eigenvalue weighted by atomic mass is 10.1. The lowest BCUT2D eigenvalue weighted by Gasteiger charge is -2.08. The van der Waals surface area contributed by atoms with Crippen molar-refractivity contribution in [3.63, 3.8) is 0 Å². The van der Waals surface area contributed by atoms with Gasteiger partial charge >= 0.3 is 0 Å². The summed E-state index contributed by atoms with van der Waals surface area (Å²) >= 11 is 0. The molecular weight excluding hydrogens is 268 g/mol. The molecular formula is C16H16N2O3. The molecule has 2 aromatic carbocycles. The molecule has 0 aliphatic carbocycles. The first-order valence-corrected chi connectivity index (χ1v) is 6.52. The molecule has 0 spiro atoms. The molecule has 0 bridgehead atoms. The highest BCUT2D eigenvalue weighted by Crippen LogP contribution is 2.21. The van der Waals surface area contributed by atoms with Gasteiger partial charge in [0.2, 0.25) is 0 Å². The van der Waals surface area contributed by atoms with Crippen LogP contribution in [0.3, 0.4) is 0 Å². The molecule has 0 saturated carbocycles. The van der Waals surface area contributed by atoms with Crippen LogP contribution in [0.5, 0.6) is 0 Å². The van der Waals surface area contributed by atoms with E-state index < -0.39 is 4.92 Å². The van der Waals surface area contributed by atoms with Crippen LogP contribution in [0, 0.1) is 30.9 Å². The SMILES string of the molecule is Cc1ccc(NC(=O)c2ccc(C)c([N+](=O)[O-])c2)cc1C. The van der Waals surface area contributed by atoms with Crippen LogP contribution >= 0.6 is 0 Å².